The van der Waals surface area contributed by atoms with E-state index in [2.05, 4.69) is 36.4 Å². The molecule has 0 aliphatic rings. The summed E-state index contributed by atoms with van der Waals surface area (Å²) in [4.78, 5) is 0. The molecular weight excluding hydrogens is 544 g/mol. The smallest absolute Gasteiger partial charge is 0.115 e. The van der Waals surface area contributed by atoms with Crippen molar-refractivity contribution in [1.29, 1.82) is 0 Å². The zero-order chi connectivity index (χ0) is 31.1. The van der Waals surface area contributed by atoms with Crippen molar-refractivity contribution in [3.8, 4) is 23.0 Å². The number of fused-ring (bicyclic) bond motifs is 1. The van der Waals surface area contributed by atoms with Gasteiger partial charge in [-0.15, -0.1) is 0 Å². The van der Waals surface area contributed by atoms with Crippen molar-refractivity contribution in [1.82, 2.24) is 0 Å². The van der Waals surface area contributed by atoms with Crippen molar-refractivity contribution >= 4 is 10.8 Å². The van der Waals surface area contributed by atoms with E-state index in [-0.39, 0.29) is 34.8 Å². The summed E-state index contributed by atoms with van der Waals surface area (Å²) in [6, 6.07) is 35.0. The van der Waals surface area contributed by atoms with Gasteiger partial charge in [-0.3, -0.25) is 0 Å². The van der Waals surface area contributed by atoms with E-state index >= 15 is 0 Å². The predicted molar refractivity (Wildman–Crippen MR) is 177 cm³/mol. The Bertz CT molecular complexity index is 1780. The van der Waals surface area contributed by atoms with Gasteiger partial charge in [0.25, 0.3) is 0 Å². The molecule has 220 valence electrons. The topological polar surface area (TPSA) is 80.9 Å². The zero-order valence-electron chi connectivity index (χ0n) is 25.3. The number of aromatic hydroxyl groups is 4. The molecule has 0 saturated heterocycles. The zero-order valence-corrected chi connectivity index (χ0v) is 25.3. The van der Waals surface area contributed by atoms with Crippen molar-refractivity contribution in [2.75, 3.05) is 0 Å². The molecule has 0 fully saturated rings. The van der Waals surface area contributed by atoms with Crippen LogP contribution in [0.2, 0.25) is 0 Å². The summed E-state index contributed by atoms with van der Waals surface area (Å²) in [5, 5.41) is 43.2. The van der Waals surface area contributed by atoms with Crippen LogP contribution in [0, 0.1) is 27.7 Å². The van der Waals surface area contributed by atoms with E-state index in [0.717, 1.165) is 66.4 Å². The fourth-order valence-electron chi connectivity index (χ4n) is 6.79. The Labute approximate surface area is 258 Å². The third kappa shape index (κ3) is 5.24. The van der Waals surface area contributed by atoms with Crippen LogP contribution in [0.25, 0.3) is 10.8 Å². The van der Waals surface area contributed by atoms with Crippen molar-refractivity contribution in [2.24, 2.45) is 0 Å². The van der Waals surface area contributed by atoms with Crippen LogP contribution in [0.1, 0.15) is 67.5 Å². The van der Waals surface area contributed by atoms with Crippen LogP contribution >= 0.6 is 0 Å². The number of hydrogen-bond donors (Lipinski definition) is 4. The number of phenols is 4. The minimum Gasteiger partial charge on any atom is -0.508 e. The molecular formula is C40H36O4. The van der Waals surface area contributed by atoms with E-state index in [1.54, 1.807) is 48.5 Å². The lowest BCUT2D eigenvalue weighted by molar-refractivity contribution is 0.473. The molecule has 0 aliphatic carbocycles. The first-order valence-electron chi connectivity index (χ1n) is 14.8. The Morgan fingerprint density at radius 3 is 0.841 bits per heavy atom. The minimum atomic E-state index is -0.153. The summed E-state index contributed by atoms with van der Waals surface area (Å²) >= 11 is 0. The van der Waals surface area contributed by atoms with Gasteiger partial charge in [-0.2, -0.15) is 0 Å². The highest BCUT2D eigenvalue weighted by molar-refractivity contribution is 5.91. The Kier molecular flexibility index (Phi) is 7.52. The predicted octanol–water partition coefficient (Wildman–Crippen LogP) is 9.26. The molecule has 4 nitrogen and oxygen atoms in total. The minimum absolute atomic E-state index is 0.153. The second-order valence-electron chi connectivity index (χ2n) is 11.8. The SMILES string of the molecule is Cc1cc(O)ccc1C(c1ccc(O)cc1C)c1ccc(C(c2ccc(O)cc2C)c2ccc(O)cc2C)c2ccccc12. The lowest BCUT2D eigenvalue weighted by atomic mass is 9.75. The van der Waals surface area contributed by atoms with Crippen molar-refractivity contribution in [3.63, 3.8) is 0 Å². The van der Waals surface area contributed by atoms with E-state index in [1.807, 2.05) is 52.0 Å². The van der Waals surface area contributed by atoms with Gasteiger partial charge in [0.15, 0.2) is 0 Å². The van der Waals surface area contributed by atoms with Gasteiger partial charge < -0.3 is 20.4 Å². The van der Waals surface area contributed by atoms with Gasteiger partial charge in [0, 0.05) is 11.8 Å². The summed E-state index contributed by atoms with van der Waals surface area (Å²) in [5.41, 5.74) is 10.5. The molecule has 0 unspecified atom stereocenters. The summed E-state index contributed by atoms with van der Waals surface area (Å²) < 4.78 is 0. The normalized spacial score (nSPS) is 11.5. The van der Waals surface area contributed by atoms with Gasteiger partial charge in [0.1, 0.15) is 23.0 Å². The second-order valence-corrected chi connectivity index (χ2v) is 11.8. The standard InChI is InChI=1S/C40H36O4/c1-23-19-27(41)9-13-31(23)39(32-14-10-28(42)20-24(32)2)37-17-18-38(36-8-6-5-7-35(36)37)40(33-15-11-29(43)21-25(33)3)34-16-12-30(44)22-26(34)4/h5-22,39-44H,1-4H3. The molecule has 4 heteroatoms. The summed E-state index contributed by atoms with van der Waals surface area (Å²) in [5.74, 6) is 0.597. The van der Waals surface area contributed by atoms with Crippen molar-refractivity contribution in [3.05, 3.63) is 165 Å². The summed E-state index contributed by atoms with van der Waals surface area (Å²) in [6.07, 6.45) is 0. The van der Waals surface area contributed by atoms with Crippen LogP contribution in [0.3, 0.4) is 0 Å². The van der Waals surface area contributed by atoms with Crippen LogP contribution in [0.4, 0.5) is 0 Å². The van der Waals surface area contributed by atoms with Gasteiger partial charge in [-0.1, -0.05) is 60.7 Å². The van der Waals surface area contributed by atoms with Gasteiger partial charge in [0.05, 0.1) is 0 Å². The number of benzene rings is 6. The third-order valence-corrected chi connectivity index (χ3v) is 8.87. The Hall–Kier alpha value is -5.22. The summed E-state index contributed by atoms with van der Waals surface area (Å²) in [7, 11) is 0. The third-order valence-electron chi connectivity index (χ3n) is 8.87. The first kappa shape index (κ1) is 28.9. The molecule has 0 aliphatic heterocycles. The molecule has 44 heavy (non-hydrogen) atoms. The molecule has 6 aromatic carbocycles. The van der Waals surface area contributed by atoms with E-state index in [1.165, 1.54) is 0 Å². The molecule has 6 rings (SSSR count). The van der Waals surface area contributed by atoms with Gasteiger partial charge in [-0.25, -0.2) is 0 Å². The Balaban J connectivity index is 1.65. The molecule has 0 spiro atoms. The highest BCUT2D eigenvalue weighted by Gasteiger charge is 2.27. The largest absolute Gasteiger partial charge is 0.508 e. The molecule has 6 aromatic rings. The Morgan fingerprint density at radius 1 is 0.341 bits per heavy atom. The van der Waals surface area contributed by atoms with Crippen LogP contribution in [0.5, 0.6) is 23.0 Å². The van der Waals surface area contributed by atoms with Gasteiger partial charge >= 0.3 is 0 Å². The van der Waals surface area contributed by atoms with Crippen LogP contribution in [-0.4, -0.2) is 20.4 Å². The fraction of sp³-hybridized carbons (Fsp3) is 0.150. The fourth-order valence-corrected chi connectivity index (χ4v) is 6.79. The van der Waals surface area contributed by atoms with Crippen LogP contribution in [0.15, 0.2) is 109 Å². The molecule has 0 heterocycles. The molecule has 0 saturated carbocycles. The van der Waals surface area contributed by atoms with Crippen molar-refractivity contribution in [2.45, 2.75) is 39.5 Å². The molecule has 0 bridgehead atoms. The van der Waals surface area contributed by atoms with E-state index in [9.17, 15) is 20.4 Å². The van der Waals surface area contributed by atoms with Crippen LogP contribution < -0.4 is 0 Å². The highest BCUT2D eigenvalue weighted by Crippen LogP contribution is 2.45. The van der Waals surface area contributed by atoms with E-state index in [0.29, 0.717) is 0 Å². The van der Waals surface area contributed by atoms with Gasteiger partial charge in [-0.05, 0) is 143 Å². The average Bonchev–Trinajstić information content (AvgIpc) is 2.97. The quantitative estimate of drug-likeness (QED) is 0.148. The molecule has 0 atom stereocenters. The maximum absolute atomic E-state index is 10.3. The Morgan fingerprint density at radius 2 is 0.591 bits per heavy atom. The maximum Gasteiger partial charge on any atom is 0.115 e. The number of aryl methyl sites for hydroxylation is 4. The van der Waals surface area contributed by atoms with E-state index in [4.69, 9.17) is 0 Å². The average molecular weight is 581 g/mol. The number of phenolic OH excluding ortho intramolecular Hbond substituents is 4. The monoisotopic (exact) mass is 580 g/mol. The molecule has 0 amide bonds. The lowest BCUT2D eigenvalue weighted by Gasteiger charge is -2.28. The first-order valence-corrected chi connectivity index (χ1v) is 14.8. The highest BCUT2D eigenvalue weighted by atomic mass is 16.3. The first-order chi connectivity index (χ1) is 21.1. The summed E-state index contributed by atoms with van der Waals surface area (Å²) in [6.45, 7) is 8.08. The van der Waals surface area contributed by atoms with E-state index < -0.39 is 0 Å². The molecule has 4 N–H and O–H groups in total. The number of rotatable bonds is 6. The lowest BCUT2D eigenvalue weighted by Crippen LogP contribution is -2.11. The van der Waals surface area contributed by atoms with Crippen molar-refractivity contribution < 1.29 is 20.4 Å². The second kappa shape index (κ2) is 11.5. The molecule has 0 radical (unpaired) electrons. The van der Waals surface area contributed by atoms with Gasteiger partial charge in [0.2, 0.25) is 0 Å². The maximum atomic E-state index is 10.3. The van der Waals surface area contributed by atoms with Crippen LogP contribution in [-0.2, 0) is 0 Å². The molecule has 0 aromatic heterocycles. The number of hydrogen-bond acceptors (Lipinski definition) is 4.